The maximum Gasteiger partial charge on any atom is 0.0659 e. The first-order valence-corrected chi connectivity index (χ1v) is 7.49. The molecule has 0 aromatic heterocycles. The second kappa shape index (κ2) is 5.73. The van der Waals surface area contributed by atoms with Crippen LogP contribution in [0.3, 0.4) is 0 Å². The van der Waals surface area contributed by atoms with E-state index in [1.807, 2.05) is 0 Å². The second-order valence-corrected chi connectivity index (χ2v) is 6.09. The van der Waals surface area contributed by atoms with E-state index in [0.29, 0.717) is 16.9 Å². The summed E-state index contributed by atoms with van der Waals surface area (Å²) in [4.78, 5) is 0. The van der Waals surface area contributed by atoms with Crippen LogP contribution in [0, 0.1) is 5.41 Å². The van der Waals surface area contributed by atoms with Gasteiger partial charge in [0.2, 0.25) is 0 Å². The normalized spacial score (nSPS) is 33.4. The topological polar surface area (TPSA) is 9.23 Å². The van der Waals surface area contributed by atoms with Crippen LogP contribution >= 0.6 is 11.6 Å². The van der Waals surface area contributed by atoms with Crippen LogP contribution in [0.1, 0.15) is 64.7 Å². The van der Waals surface area contributed by atoms with E-state index in [1.165, 1.54) is 51.4 Å². The van der Waals surface area contributed by atoms with E-state index in [-0.39, 0.29) is 0 Å². The summed E-state index contributed by atoms with van der Waals surface area (Å²) in [6, 6.07) is 0. The second-order valence-electron chi connectivity index (χ2n) is 5.56. The fraction of sp³-hybridized carbons (Fsp3) is 1.00. The molecule has 16 heavy (non-hydrogen) atoms. The molecule has 0 heterocycles. The third-order valence-corrected chi connectivity index (χ3v) is 5.15. The molecular formula is C14H25ClO. The number of unbranched alkanes of at least 4 members (excludes halogenated alkanes) is 1. The van der Waals surface area contributed by atoms with Gasteiger partial charge in [-0.2, -0.15) is 0 Å². The average molecular weight is 245 g/mol. The van der Waals surface area contributed by atoms with Crippen molar-refractivity contribution in [3.8, 4) is 0 Å². The van der Waals surface area contributed by atoms with E-state index in [9.17, 15) is 0 Å². The van der Waals surface area contributed by atoms with Gasteiger partial charge in [-0.15, -0.1) is 11.6 Å². The molecule has 2 aliphatic carbocycles. The van der Waals surface area contributed by atoms with Crippen LogP contribution in [0.25, 0.3) is 0 Å². The van der Waals surface area contributed by atoms with Gasteiger partial charge in [0, 0.05) is 17.4 Å². The van der Waals surface area contributed by atoms with Crippen molar-refractivity contribution in [3.05, 3.63) is 0 Å². The van der Waals surface area contributed by atoms with Gasteiger partial charge in [0.15, 0.2) is 0 Å². The van der Waals surface area contributed by atoms with Gasteiger partial charge in [0.05, 0.1) is 6.10 Å². The Kier molecular flexibility index (Phi) is 4.55. The number of rotatable bonds is 4. The Balaban J connectivity index is 1.88. The van der Waals surface area contributed by atoms with Crippen molar-refractivity contribution in [2.45, 2.75) is 76.2 Å². The summed E-state index contributed by atoms with van der Waals surface area (Å²) in [5, 5.41) is 0.386. The molecule has 0 radical (unpaired) electrons. The van der Waals surface area contributed by atoms with Crippen LogP contribution in [0.4, 0.5) is 0 Å². The Morgan fingerprint density at radius 2 is 1.88 bits per heavy atom. The van der Waals surface area contributed by atoms with E-state index in [1.54, 1.807) is 0 Å². The van der Waals surface area contributed by atoms with Gasteiger partial charge in [-0.25, -0.2) is 0 Å². The molecule has 0 N–H and O–H groups in total. The lowest BCUT2D eigenvalue weighted by molar-refractivity contribution is -0.115. The summed E-state index contributed by atoms with van der Waals surface area (Å²) in [5.74, 6) is 0. The van der Waals surface area contributed by atoms with E-state index in [4.69, 9.17) is 16.3 Å². The van der Waals surface area contributed by atoms with E-state index >= 15 is 0 Å². The maximum atomic E-state index is 6.48. The van der Waals surface area contributed by atoms with Crippen molar-refractivity contribution >= 4 is 11.6 Å². The predicted molar refractivity (Wildman–Crippen MR) is 69.0 cm³/mol. The lowest BCUT2D eigenvalue weighted by Crippen LogP contribution is -2.55. The van der Waals surface area contributed by atoms with Crippen molar-refractivity contribution < 1.29 is 4.74 Å². The van der Waals surface area contributed by atoms with Gasteiger partial charge in [-0.3, -0.25) is 0 Å². The molecule has 2 heteroatoms. The van der Waals surface area contributed by atoms with Crippen LogP contribution in [-0.2, 0) is 4.74 Å². The van der Waals surface area contributed by atoms with E-state index < -0.39 is 0 Å². The highest BCUT2D eigenvalue weighted by Gasteiger charge is 2.54. The molecule has 0 saturated heterocycles. The van der Waals surface area contributed by atoms with Crippen molar-refractivity contribution in [2.24, 2.45) is 5.41 Å². The lowest BCUT2D eigenvalue weighted by Gasteiger charge is -2.53. The van der Waals surface area contributed by atoms with Gasteiger partial charge in [0.1, 0.15) is 0 Å². The first-order valence-electron chi connectivity index (χ1n) is 7.05. The average Bonchev–Trinajstić information content (AvgIpc) is 2.55. The molecular weight excluding hydrogens is 220 g/mol. The lowest BCUT2D eigenvalue weighted by atomic mass is 9.61. The molecule has 0 aromatic rings. The minimum atomic E-state index is 0.353. The van der Waals surface area contributed by atoms with Crippen LogP contribution in [-0.4, -0.2) is 18.1 Å². The molecule has 2 saturated carbocycles. The molecule has 0 amide bonds. The minimum absolute atomic E-state index is 0.353. The van der Waals surface area contributed by atoms with Gasteiger partial charge in [0.25, 0.3) is 0 Å². The van der Waals surface area contributed by atoms with Crippen LogP contribution in [0.2, 0.25) is 0 Å². The Labute approximate surface area is 105 Å². The first-order chi connectivity index (χ1) is 7.79. The molecule has 94 valence electrons. The number of alkyl halides is 1. The van der Waals surface area contributed by atoms with Gasteiger partial charge in [-0.1, -0.05) is 39.0 Å². The Hall–Kier alpha value is 0.250. The number of halogens is 1. The summed E-state index contributed by atoms with van der Waals surface area (Å²) in [5.41, 5.74) is 0.353. The zero-order chi connectivity index (χ0) is 11.4. The quantitative estimate of drug-likeness (QED) is 0.522. The smallest absolute Gasteiger partial charge is 0.0659 e. The third kappa shape index (κ3) is 2.41. The summed E-state index contributed by atoms with van der Waals surface area (Å²) in [7, 11) is 0. The van der Waals surface area contributed by atoms with Crippen LogP contribution < -0.4 is 0 Å². The van der Waals surface area contributed by atoms with Gasteiger partial charge < -0.3 is 4.74 Å². The highest BCUT2D eigenvalue weighted by Crippen LogP contribution is 2.55. The van der Waals surface area contributed by atoms with E-state index in [0.717, 1.165) is 13.0 Å². The monoisotopic (exact) mass is 244 g/mol. The SMILES string of the molecule is CCCCOC1CC(Cl)C12CCCCCC2. The molecule has 2 aliphatic rings. The Bertz CT molecular complexity index is 209. The standard InChI is InChI=1S/C14H25ClO/c1-2-3-10-16-13-11-12(15)14(13)8-6-4-5-7-9-14/h12-13H,2-11H2,1H3. The Morgan fingerprint density at radius 1 is 1.19 bits per heavy atom. The van der Waals surface area contributed by atoms with Gasteiger partial charge >= 0.3 is 0 Å². The largest absolute Gasteiger partial charge is 0.378 e. The summed E-state index contributed by atoms with van der Waals surface area (Å²) >= 11 is 6.48. The molecule has 2 unspecified atom stereocenters. The number of hydrogen-bond donors (Lipinski definition) is 0. The molecule has 0 aromatic carbocycles. The highest BCUT2D eigenvalue weighted by molar-refractivity contribution is 6.21. The summed E-state index contributed by atoms with van der Waals surface area (Å²) in [6.45, 7) is 3.16. The zero-order valence-corrected chi connectivity index (χ0v) is 11.3. The zero-order valence-electron chi connectivity index (χ0n) is 10.5. The van der Waals surface area contributed by atoms with Crippen LogP contribution in [0.5, 0.6) is 0 Å². The molecule has 1 spiro atoms. The van der Waals surface area contributed by atoms with Crippen LogP contribution in [0.15, 0.2) is 0 Å². The third-order valence-electron chi connectivity index (χ3n) is 4.54. The fourth-order valence-electron chi connectivity index (χ4n) is 3.32. The van der Waals surface area contributed by atoms with Crippen molar-refractivity contribution in [1.82, 2.24) is 0 Å². The molecule has 0 aliphatic heterocycles. The summed E-state index contributed by atoms with van der Waals surface area (Å²) < 4.78 is 6.05. The van der Waals surface area contributed by atoms with E-state index in [2.05, 4.69) is 6.92 Å². The Morgan fingerprint density at radius 3 is 2.44 bits per heavy atom. The molecule has 0 bridgehead atoms. The predicted octanol–water partition coefficient (Wildman–Crippen LogP) is 4.52. The van der Waals surface area contributed by atoms with Crippen molar-refractivity contribution in [2.75, 3.05) is 6.61 Å². The maximum absolute atomic E-state index is 6.48. The van der Waals surface area contributed by atoms with Crippen molar-refractivity contribution in [3.63, 3.8) is 0 Å². The first kappa shape index (κ1) is 12.7. The van der Waals surface area contributed by atoms with Crippen molar-refractivity contribution in [1.29, 1.82) is 0 Å². The highest BCUT2D eigenvalue weighted by atomic mass is 35.5. The summed E-state index contributed by atoms with van der Waals surface area (Å²) in [6.07, 6.45) is 12.1. The number of ether oxygens (including phenoxy) is 1. The molecule has 2 fully saturated rings. The van der Waals surface area contributed by atoms with Gasteiger partial charge in [-0.05, 0) is 25.7 Å². The number of hydrogen-bond acceptors (Lipinski definition) is 1. The fourth-order valence-corrected chi connectivity index (χ4v) is 3.85. The molecule has 2 rings (SSSR count). The molecule has 2 atom stereocenters. The molecule has 1 nitrogen and oxygen atoms in total. The minimum Gasteiger partial charge on any atom is -0.378 e.